The van der Waals surface area contributed by atoms with Gasteiger partial charge in [-0.25, -0.2) is 15.0 Å². The molecule has 5 heterocycles. The number of hydrogen-bond acceptors (Lipinski definition) is 8. The molecule has 2 saturated heterocycles. The molecule has 1 amide bonds. The number of amides is 1. The number of carbonyl (C=O) groups excluding carboxylic acids is 1. The number of pyridine rings is 1. The van der Waals surface area contributed by atoms with Crippen LogP contribution in [0.1, 0.15) is 57.1 Å². The van der Waals surface area contributed by atoms with Gasteiger partial charge in [0.1, 0.15) is 23.8 Å². The minimum Gasteiger partial charge on any atom is -0.346 e. The van der Waals surface area contributed by atoms with E-state index >= 15 is 0 Å². The van der Waals surface area contributed by atoms with Gasteiger partial charge in [0, 0.05) is 42.0 Å². The van der Waals surface area contributed by atoms with Crippen LogP contribution in [-0.4, -0.2) is 75.5 Å². The van der Waals surface area contributed by atoms with Crippen LogP contribution in [0.2, 0.25) is 0 Å². The molecule has 1 unspecified atom stereocenters. The third-order valence-electron chi connectivity index (χ3n) is 9.21. The van der Waals surface area contributed by atoms with Crippen LogP contribution in [0.25, 0.3) is 0 Å². The molecule has 1 spiro atoms. The number of piperazine rings is 1. The summed E-state index contributed by atoms with van der Waals surface area (Å²) in [5.41, 5.74) is 2.08. The fourth-order valence-electron chi connectivity index (χ4n) is 6.66. The van der Waals surface area contributed by atoms with Crippen molar-refractivity contribution in [2.24, 2.45) is 0 Å². The summed E-state index contributed by atoms with van der Waals surface area (Å²) in [7, 11) is 2.04. The standard InChI is InChI=1S/C28H34N8O/c1-19-16-35(26(37)27(3)8-6-12-33(27)4)20(2)15-34(19)24-23-25(32-18-31-24)36(17-28(23)9-5-10-28)22-13-21(14-29)7-11-30-22/h7,11,13,18-19H,2,5-6,8-10,12,15-17H2,1,3-4H3/t19-,27?/m0/s1. The number of fused-ring (bicyclic) bond motifs is 2. The van der Waals surface area contributed by atoms with Crippen LogP contribution in [0.5, 0.6) is 0 Å². The Hall–Kier alpha value is -3.51. The average molecular weight is 499 g/mol. The maximum Gasteiger partial charge on any atom is 0.247 e. The summed E-state index contributed by atoms with van der Waals surface area (Å²) in [5.74, 6) is 2.72. The van der Waals surface area contributed by atoms with E-state index in [1.165, 1.54) is 12.0 Å². The van der Waals surface area contributed by atoms with Crippen molar-refractivity contribution in [2.75, 3.05) is 43.0 Å². The molecule has 1 saturated carbocycles. The number of nitriles is 1. The Labute approximate surface area is 218 Å². The normalized spacial score (nSPS) is 26.8. The van der Waals surface area contributed by atoms with Crippen molar-refractivity contribution in [1.29, 1.82) is 5.26 Å². The van der Waals surface area contributed by atoms with Crippen molar-refractivity contribution in [3.63, 3.8) is 0 Å². The number of carbonyl (C=O) groups is 1. The zero-order chi connectivity index (χ0) is 25.9. The van der Waals surface area contributed by atoms with E-state index in [1.807, 2.05) is 18.0 Å². The Balaban J connectivity index is 1.34. The third-order valence-corrected chi connectivity index (χ3v) is 9.21. The summed E-state index contributed by atoms with van der Waals surface area (Å²) < 4.78 is 0. The van der Waals surface area contributed by atoms with Crippen LogP contribution < -0.4 is 9.80 Å². The number of anilines is 3. The number of likely N-dealkylation sites (N-methyl/N-ethyl adjacent to an activating group) is 1. The summed E-state index contributed by atoms with van der Waals surface area (Å²) in [4.78, 5) is 36.4. The predicted molar refractivity (Wildman–Crippen MR) is 141 cm³/mol. The maximum atomic E-state index is 13.7. The molecule has 3 fully saturated rings. The second kappa shape index (κ2) is 8.52. The topological polar surface area (TPSA) is 92.5 Å². The summed E-state index contributed by atoms with van der Waals surface area (Å²) in [6.45, 7) is 11.4. The Morgan fingerprint density at radius 3 is 2.65 bits per heavy atom. The van der Waals surface area contributed by atoms with E-state index in [0.29, 0.717) is 18.7 Å². The lowest BCUT2D eigenvalue weighted by atomic mass is 9.66. The van der Waals surface area contributed by atoms with Gasteiger partial charge in [-0.15, -0.1) is 0 Å². The second-order valence-corrected chi connectivity index (χ2v) is 11.4. The van der Waals surface area contributed by atoms with E-state index < -0.39 is 5.54 Å². The summed E-state index contributed by atoms with van der Waals surface area (Å²) >= 11 is 0. The molecule has 2 atom stereocenters. The first-order valence-electron chi connectivity index (χ1n) is 13.2. The summed E-state index contributed by atoms with van der Waals surface area (Å²) in [5, 5.41) is 9.42. The fraction of sp³-hybridized carbons (Fsp3) is 0.536. The Morgan fingerprint density at radius 2 is 1.97 bits per heavy atom. The Morgan fingerprint density at radius 1 is 1.19 bits per heavy atom. The number of aromatic nitrogens is 3. The summed E-state index contributed by atoms with van der Waals surface area (Å²) in [6, 6.07) is 5.86. The molecular weight excluding hydrogens is 464 g/mol. The van der Waals surface area contributed by atoms with Crippen LogP contribution in [0.3, 0.4) is 0 Å². The smallest absolute Gasteiger partial charge is 0.247 e. The molecule has 192 valence electrons. The van der Waals surface area contributed by atoms with Crippen LogP contribution in [0, 0.1) is 11.3 Å². The van der Waals surface area contributed by atoms with Crippen molar-refractivity contribution in [2.45, 2.75) is 62.9 Å². The highest BCUT2D eigenvalue weighted by atomic mass is 16.2. The maximum absolute atomic E-state index is 13.7. The van der Waals surface area contributed by atoms with Gasteiger partial charge in [0.05, 0.1) is 23.7 Å². The monoisotopic (exact) mass is 498 g/mol. The molecule has 3 aliphatic heterocycles. The van der Waals surface area contributed by atoms with Gasteiger partial charge in [0.15, 0.2) is 0 Å². The van der Waals surface area contributed by atoms with Gasteiger partial charge < -0.3 is 14.7 Å². The van der Waals surface area contributed by atoms with Crippen molar-refractivity contribution in [3.8, 4) is 6.07 Å². The molecule has 6 rings (SSSR count). The van der Waals surface area contributed by atoms with Crippen molar-refractivity contribution in [1.82, 2.24) is 24.8 Å². The van der Waals surface area contributed by atoms with E-state index in [2.05, 4.69) is 46.2 Å². The molecule has 4 aliphatic rings. The molecule has 0 aromatic carbocycles. The largest absolute Gasteiger partial charge is 0.346 e. The van der Waals surface area contributed by atoms with Crippen molar-refractivity contribution < 1.29 is 4.79 Å². The van der Waals surface area contributed by atoms with Crippen LogP contribution in [0.4, 0.5) is 17.5 Å². The van der Waals surface area contributed by atoms with E-state index in [-0.39, 0.29) is 17.4 Å². The molecule has 9 heteroatoms. The van der Waals surface area contributed by atoms with Crippen molar-refractivity contribution in [3.05, 3.63) is 48.1 Å². The van der Waals surface area contributed by atoms with E-state index in [4.69, 9.17) is 9.97 Å². The molecule has 9 nitrogen and oxygen atoms in total. The van der Waals surface area contributed by atoms with Crippen LogP contribution in [-0.2, 0) is 10.2 Å². The van der Waals surface area contributed by atoms with Gasteiger partial charge in [-0.2, -0.15) is 5.26 Å². The highest BCUT2D eigenvalue weighted by molar-refractivity contribution is 5.88. The van der Waals surface area contributed by atoms with Gasteiger partial charge in [-0.3, -0.25) is 9.69 Å². The molecule has 37 heavy (non-hydrogen) atoms. The van der Waals surface area contributed by atoms with E-state index in [9.17, 15) is 10.1 Å². The SMILES string of the molecule is C=C1CN(c2ncnc3c2C2(CCC2)CN3c2cc(C#N)ccn2)[C@@H](C)CN1C(=O)C1(C)CCCN1C. The highest BCUT2D eigenvalue weighted by Crippen LogP contribution is 2.56. The van der Waals surface area contributed by atoms with Gasteiger partial charge in [-0.05, 0) is 65.3 Å². The molecular formula is C28H34N8O. The molecule has 0 bridgehead atoms. The number of rotatable bonds is 3. The van der Waals surface area contributed by atoms with Gasteiger partial charge >= 0.3 is 0 Å². The number of hydrogen-bond donors (Lipinski definition) is 0. The second-order valence-electron chi connectivity index (χ2n) is 11.4. The van der Waals surface area contributed by atoms with Gasteiger partial charge in [0.25, 0.3) is 0 Å². The summed E-state index contributed by atoms with van der Waals surface area (Å²) in [6.07, 6.45) is 8.56. The Kier molecular flexibility index (Phi) is 5.50. The Bertz CT molecular complexity index is 1310. The molecule has 1 aliphatic carbocycles. The quantitative estimate of drug-likeness (QED) is 0.636. The third kappa shape index (κ3) is 3.53. The zero-order valence-electron chi connectivity index (χ0n) is 21.9. The lowest BCUT2D eigenvalue weighted by Gasteiger charge is -2.47. The molecule has 2 aromatic heterocycles. The molecule has 0 N–H and O–H groups in total. The van der Waals surface area contributed by atoms with Crippen LogP contribution >= 0.6 is 0 Å². The average Bonchev–Trinajstić information content (AvgIpc) is 3.43. The van der Waals surface area contributed by atoms with Crippen molar-refractivity contribution >= 4 is 23.4 Å². The lowest BCUT2D eigenvalue weighted by molar-refractivity contribution is -0.139. The van der Waals surface area contributed by atoms with Gasteiger partial charge in [-0.1, -0.05) is 13.0 Å². The predicted octanol–water partition coefficient (Wildman–Crippen LogP) is 3.35. The first-order chi connectivity index (χ1) is 17.8. The number of nitrogens with zero attached hydrogens (tertiary/aromatic N) is 8. The number of likely N-dealkylation sites (tertiary alicyclic amines) is 1. The zero-order valence-corrected chi connectivity index (χ0v) is 21.9. The van der Waals surface area contributed by atoms with Crippen LogP contribution in [0.15, 0.2) is 36.9 Å². The fourth-order valence-corrected chi connectivity index (χ4v) is 6.66. The highest BCUT2D eigenvalue weighted by Gasteiger charge is 2.52. The van der Waals surface area contributed by atoms with Gasteiger partial charge in [0.2, 0.25) is 5.91 Å². The van der Waals surface area contributed by atoms with E-state index in [1.54, 1.807) is 18.6 Å². The van der Waals surface area contributed by atoms with E-state index in [0.717, 1.165) is 61.9 Å². The molecule has 2 aromatic rings. The lowest BCUT2D eigenvalue weighted by Crippen LogP contribution is -2.59. The first kappa shape index (κ1) is 23.9. The molecule has 0 radical (unpaired) electrons. The minimum atomic E-state index is -0.470. The first-order valence-corrected chi connectivity index (χ1v) is 13.2. The minimum absolute atomic E-state index is 0.0235.